The van der Waals surface area contributed by atoms with E-state index in [-0.39, 0.29) is 0 Å². The van der Waals surface area contributed by atoms with Gasteiger partial charge in [0.15, 0.2) is 0 Å². The first-order chi connectivity index (χ1) is 9.74. The van der Waals surface area contributed by atoms with Crippen LogP contribution in [-0.2, 0) is 6.61 Å². The number of rotatable bonds is 4. The Bertz CT molecular complexity index is 737. The van der Waals surface area contributed by atoms with Gasteiger partial charge in [0.05, 0.1) is 12.8 Å². The summed E-state index contributed by atoms with van der Waals surface area (Å²) in [6.45, 7) is 0.398. The molecule has 0 saturated carbocycles. The summed E-state index contributed by atoms with van der Waals surface area (Å²) < 4.78 is 12.8. The quantitative estimate of drug-likeness (QED) is 0.790. The van der Waals surface area contributed by atoms with Crippen LogP contribution in [-0.4, -0.2) is 16.5 Å². The average molecular weight is 269 g/mol. The molecule has 102 valence electrons. The number of hydrogen-bond donors (Lipinski definition) is 1. The number of pyridine rings is 1. The van der Waals surface area contributed by atoms with Gasteiger partial charge < -0.3 is 19.6 Å². The highest BCUT2D eigenvalue weighted by Gasteiger charge is 2.03. The molecule has 1 aromatic carbocycles. The third-order valence-corrected chi connectivity index (χ3v) is 2.96. The van der Waals surface area contributed by atoms with Crippen molar-refractivity contribution in [2.75, 3.05) is 12.8 Å². The molecule has 0 atom stereocenters. The molecule has 5 nitrogen and oxygen atoms in total. The molecule has 5 heteroatoms. The maximum Gasteiger partial charge on any atom is 0.139 e. The van der Waals surface area contributed by atoms with Crippen LogP contribution >= 0.6 is 0 Å². The van der Waals surface area contributed by atoms with Gasteiger partial charge in [-0.25, -0.2) is 4.98 Å². The third-order valence-electron chi connectivity index (χ3n) is 2.96. The highest BCUT2D eigenvalue weighted by molar-refractivity contribution is 5.52. The maximum absolute atomic E-state index is 5.73. The molecule has 0 saturated heterocycles. The fourth-order valence-electron chi connectivity index (χ4n) is 1.97. The molecule has 2 heterocycles. The van der Waals surface area contributed by atoms with E-state index in [9.17, 15) is 0 Å². The van der Waals surface area contributed by atoms with E-state index in [0.717, 1.165) is 22.8 Å². The lowest BCUT2D eigenvalue weighted by Crippen LogP contribution is -1.95. The summed E-state index contributed by atoms with van der Waals surface area (Å²) in [6, 6.07) is 11.2. The number of fused-ring (bicyclic) bond motifs is 1. The largest absolute Gasteiger partial charge is 0.497 e. The summed E-state index contributed by atoms with van der Waals surface area (Å²) in [5.41, 5.74) is 8.09. The molecule has 0 amide bonds. The average Bonchev–Trinajstić information content (AvgIpc) is 2.87. The van der Waals surface area contributed by atoms with E-state index in [2.05, 4.69) is 4.98 Å². The zero-order valence-corrected chi connectivity index (χ0v) is 11.1. The number of benzene rings is 1. The van der Waals surface area contributed by atoms with Crippen LogP contribution < -0.4 is 15.2 Å². The van der Waals surface area contributed by atoms with Gasteiger partial charge in [-0.15, -0.1) is 0 Å². The smallest absolute Gasteiger partial charge is 0.139 e. The van der Waals surface area contributed by atoms with Crippen molar-refractivity contribution in [3.63, 3.8) is 0 Å². The second-order valence-electron chi connectivity index (χ2n) is 4.43. The van der Waals surface area contributed by atoms with E-state index in [1.807, 2.05) is 53.2 Å². The molecule has 0 aliphatic carbocycles. The predicted molar refractivity (Wildman–Crippen MR) is 76.9 cm³/mol. The number of ether oxygens (including phenoxy) is 2. The first-order valence-electron chi connectivity index (χ1n) is 6.24. The zero-order valence-electron chi connectivity index (χ0n) is 11.1. The lowest BCUT2D eigenvalue weighted by atomic mass is 10.3. The molecule has 3 aromatic rings. The standard InChI is InChI=1S/C15H15N3O2/c1-19-13-3-2-4-14(8-13)20-10-12-9-18-6-5-11(16)7-15(18)17-12/h2-9H,10,16H2,1H3. The van der Waals surface area contributed by atoms with Gasteiger partial charge in [-0.1, -0.05) is 6.07 Å². The van der Waals surface area contributed by atoms with Gasteiger partial charge in [0.2, 0.25) is 0 Å². The van der Waals surface area contributed by atoms with E-state index in [0.29, 0.717) is 12.3 Å². The molecule has 0 radical (unpaired) electrons. The van der Waals surface area contributed by atoms with E-state index in [1.165, 1.54) is 0 Å². The van der Waals surface area contributed by atoms with Crippen molar-refractivity contribution in [1.82, 2.24) is 9.38 Å². The zero-order chi connectivity index (χ0) is 13.9. The van der Waals surface area contributed by atoms with Crippen molar-refractivity contribution < 1.29 is 9.47 Å². The monoisotopic (exact) mass is 269 g/mol. The number of nitrogen functional groups attached to an aromatic ring is 1. The Balaban J connectivity index is 1.76. The minimum atomic E-state index is 0.398. The Kier molecular flexibility index (Phi) is 3.16. The summed E-state index contributed by atoms with van der Waals surface area (Å²) in [5.74, 6) is 1.52. The van der Waals surface area contributed by atoms with Crippen LogP contribution in [0.15, 0.2) is 48.8 Å². The van der Waals surface area contributed by atoms with Crippen LogP contribution in [0.1, 0.15) is 5.69 Å². The lowest BCUT2D eigenvalue weighted by molar-refractivity contribution is 0.299. The highest BCUT2D eigenvalue weighted by atomic mass is 16.5. The van der Waals surface area contributed by atoms with Gasteiger partial charge in [-0.3, -0.25) is 0 Å². The molecular formula is C15H15N3O2. The third kappa shape index (κ3) is 2.51. The molecule has 2 aromatic heterocycles. The van der Waals surface area contributed by atoms with Gasteiger partial charge in [-0.2, -0.15) is 0 Å². The fourth-order valence-corrected chi connectivity index (χ4v) is 1.97. The number of nitrogens with two attached hydrogens (primary N) is 1. The van der Waals surface area contributed by atoms with Crippen molar-refractivity contribution >= 4 is 11.3 Å². The van der Waals surface area contributed by atoms with Gasteiger partial charge >= 0.3 is 0 Å². The number of nitrogens with zero attached hydrogens (tertiary/aromatic N) is 2. The molecule has 0 unspecified atom stereocenters. The molecule has 0 aliphatic rings. The first-order valence-corrected chi connectivity index (χ1v) is 6.24. The van der Waals surface area contributed by atoms with Gasteiger partial charge in [-0.05, 0) is 18.2 Å². The van der Waals surface area contributed by atoms with Crippen LogP contribution in [0, 0.1) is 0 Å². The SMILES string of the molecule is COc1cccc(OCc2cn3ccc(N)cc3n2)c1. The van der Waals surface area contributed by atoms with Crippen molar-refractivity contribution in [2.24, 2.45) is 0 Å². The topological polar surface area (TPSA) is 61.8 Å². The number of aromatic nitrogens is 2. The van der Waals surface area contributed by atoms with Crippen molar-refractivity contribution in [2.45, 2.75) is 6.61 Å². The van der Waals surface area contributed by atoms with Crippen LogP contribution in [0.25, 0.3) is 5.65 Å². The summed E-state index contributed by atoms with van der Waals surface area (Å²) in [6.07, 6.45) is 3.81. The van der Waals surface area contributed by atoms with Crippen LogP contribution in [0.2, 0.25) is 0 Å². The second-order valence-corrected chi connectivity index (χ2v) is 4.43. The Hall–Kier alpha value is -2.69. The molecule has 20 heavy (non-hydrogen) atoms. The molecule has 0 aliphatic heterocycles. The minimum absolute atomic E-state index is 0.398. The minimum Gasteiger partial charge on any atom is -0.497 e. The summed E-state index contributed by atoms with van der Waals surface area (Å²) in [4.78, 5) is 4.46. The Labute approximate surface area is 116 Å². The lowest BCUT2D eigenvalue weighted by Gasteiger charge is -2.05. The Morgan fingerprint density at radius 3 is 2.90 bits per heavy atom. The number of hydrogen-bond acceptors (Lipinski definition) is 4. The van der Waals surface area contributed by atoms with Crippen LogP contribution in [0.4, 0.5) is 5.69 Å². The normalized spacial score (nSPS) is 10.7. The van der Waals surface area contributed by atoms with Crippen LogP contribution in [0.5, 0.6) is 11.5 Å². The number of anilines is 1. The number of imidazole rings is 1. The fraction of sp³-hybridized carbons (Fsp3) is 0.133. The van der Waals surface area contributed by atoms with Gasteiger partial charge in [0, 0.05) is 30.2 Å². The summed E-state index contributed by atoms with van der Waals surface area (Å²) in [5, 5.41) is 0. The van der Waals surface area contributed by atoms with E-state index < -0.39 is 0 Å². The van der Waals surface area contributed by atoms with Gasteiger partial charge in [0.1, 0.15) is 23.8 Å². The van der Waals surface area contributed by atoms with Crippen molar-refractivity contribution in [3.8, 4) is 11.5 Å². The van der Waals surface area contributed by atoms with E-state index >= 15 is 0 Å². The van der Waals surface area contributed by atoms with Gasteiger partial charge in [0.25, 0.3) is 0 Å². The molecule has 3 rings (SSSR count). The summed E-state index contributed by atoms with van der Waals surface area (Å²) in [7, 11) is 1.63. The second kappa shape index (κ2) is 5.13. The molecule has 0 spiro atoms. The van der Waals surface area contributed by atoms with Crippen molar-refractivity contribution in [1.29, 1.82) is 0 Å². The Morgan fingerprint density at radius 2 is 2.05 bits per heavy atom. The Morgan fingerprint density at radius 1 is 1.20 bits per heavy atom. The van der Waals surface area contributed by atoms with E-state index in [1.54, 1.807) is 7.11 Å². The number of methoxy groups -OCH3 is 1. The van der Waals surface area contributed by atoms with Crippen molar-refractivity contribution in [3.05, 3.63) is 54.5 Å². The molecule has 2 N–H and O–H groups in total. The first kappa shape index (κ1) is 12.3. The van der Waals surface area contributed by atoms with Crippen LogP contribution in [0.3, 0.4) is 0 Å². The molecular weight excluding hydrogens is 254 g/mol. The highest BCUT2D eigenvalue weighted by Crippen LogP contribution is 2.20. The van der Waals surface area contributed by atoms with E-state index in [4.69, 9.17) is 15.2 Å². The molecule has 0 bridgehead atoms. The molecule has 0 fully saturated rings. The maximum atomic E-state index is 5.73. The predicted octanol–water partition coefficient (Wildman–Crippen LogP) is 2.50. The summed E-state index contributed by atoms with van der Waals surface area (Å²) >= 11 is 0.